The fraction of sp³-hybridized carbons (Fsp3) is 0.0952. The lowest BCUT2D eigenvalue weighted by Gasteiger charge is -2.09. The van der Waals surface area contributed by atoms with Crippen molar-refractivity contribution in [3.8, 4) is 5.75 Å². The molecule has 0 saturated carbocycles. The Bertz CT molecular complexity index is 879. The number of halogens is 2. The summed E-state index contributed by atoms with van der Waals surface area (Å²) >= 11 is 11.9. The van der Waals surface area contributed by atoms with Crippen LogP contribution in [0.15, 0.2) is 77.9 Å². The molecule has 0 aliphatic rings. The van der Waals surface area contributed by atoms with Crippen LogP contribution in [0.5, 0.6) is 5.75 Å². The zero-order valence-corrected chi connectivity index (χ0v) is 15.5. The Morgan fingerprint density at radius 2 is 1.65 bits per heavy atom. The molecule has 3 rings (SSSR count). The molecule has 0 bridgehead atoms. The van der Waals surface area contributed by atoms with Gasteiger partial charge in [-0.1, -0.05) is 59.6 Å². The molecule has 0 aromatic heterocycles. The quantitative estimate of drug-likeness (QED) is 0.418. The van der Waals surface area contributed by atoms with E-state index in [-0.39, 0.29) is 0 Å². The van der Waals surface area contributed by atoms with E-state index >= 15 is 0 Å². The first-order chi connectivity index (χ1) is 12.7. The second-order valence-corrected chi connectivity index (χ2v) is 6.55. The van der Waals surface area contributed by atoms with Crippen LogP contribution >= 0.6 is 23.2 Å². The number of nitrogens with one attached hydrogen (secondary N) is 1. The van der Waals surface area contributed by atoms with Crippen LogP contribution in [0.25, 0.3) is 0 Å². The van der Waals surface area contributed by atoms with Crippen LogP contribution in [-0.2, 0) is 13.2 Å². The standard InChI is InChI=1S/C21H18Cl2N2O/c22-19-10-8-16(9-11-19)13-24-25-14-18-5-1-2-7-21(18)26-15-17-4-3-6-20(23)12-17/h1-12,14,24H,13,15H2/b25-14-. The third-order valence-electron chi connectivity index (χ3n) is 3.69. The highest BCUT2D eigenvalue weighted by molar-refractivity contribution is 6.30. The van der Waals surface area contributed by atoms with Gasteiger partial charge in [0.25, 0.3) is 0 Å². The lowest BCUT2D eigenvalue weighted by atomic mass is 10.2. The number of benzene rings is 3. The van der Waals surface area contributed by atoms with Crippen LogP contribution in [0.1, 0.15) is 16.7 Å². The van der Waals surface area contributed by atoms with Gasteiger partial charge in [0.1, 0.15) is 12.4 Å². The number of rotatable bonds is 7. The summed E-state index contributed by atoms with van der Waals surface area (Å²) in [5, 5.41) is 5.71. The van der Waals surface area contributed by atoms with Crippen LogP contribution in [0.4, 0.5) is 0 Å². The summed E-state index contributed by atoms with van der Waals surface area (Å²) in [5.74, 6) is 0.768. The summed E-state index contributed by atoms with van der Waals surface area (Å²) in [6.45, 7) is 1.07. The molecule has 0 atom stereocenters. The van der Waals surface area contributed by atoms with Crippen molar-refractivity contribution in [1.82, 2.24) is 5.43 Å². The van der Waals surface area contributed by atoms with Crippen molar-refractivity contribution >= 4 is 29.4 Å². The Morgan fingerprint density at radius 3 is 2.46 bits per heavy atom. The van der Waals surface area contributed by atoms with Crippen LogP contribution in [0.3, 0.4) is 0 Å². The van der Waals surface area contributed by atoms with E-state index in [2.05, 4.69) is 10.5 Å². The maximum atomic E-state index is 6.01. The van der Waals surface area contributed by atoms with Gasteiger partial charge in [-0.25, -0.2) is 0 Å². The zero-order chi connectivity index (χ0) is 18.2. The first-order valence-electron chi connectivity index (χ1n) is 8.17. The summed E-state index contributed by atoms with van der Waals surface area (Å²) in [7, 11) is 0. The molecule has 0 radical (unpaired) electrons. The number of hydrazone groups is 1. The first kappa shape index (κ1) is 18.3. The number of para-hydroxylation sites is 1. The maximum absolute atomic E-state index is 6.01. The Morgan fingerprint density at radius 1 is 0.846 bits per heavy atom. The smallest absolute Gasteiger partial charge is 0.128 e. The van der Waals surface area contributed by atoms with Gasteiger partial charge in [0, 0.05) is 15.6 Å². The minimum Gasteiger partial charge on any atom is -0.488 e. The number of nitrogens with zero attached hydrogens (tertiary/aromatic N) is 1. The number of hydrogen-bond donors (Lipinski definition) is 1. The molecular weight excluding hydrogens is 367 g/mol. The van der Waals surface area contributed by atoms with Gasteiger partial charge in [-0.2, -0.15) is 5.10 Å². The van der Waals surface area contributed by atoms with Gasteiger partial charge in [0.05, 0.1) is 12.8 Å². The Kier molecular flexibility index (Phi) is 6.53. The monoisotopic (exact) mass is 384 g/mol. The van der Waals surface area contributed by atoms with E-state index in [0.29, 0.717) is 18.2 Å². The topological polar surface area (TPSA) is 33.6 Å². The number of hydrogen-bond acceptors (Lipinski definition) is 3. The Balaban J connectivity index is 1.58. The largest absolute Gasteiger partial charge is 0.488 e. The number of ether oxygens (including phenoxy) is 1. The molecule has 3 nitrogen and oxygen atoms in total. The van der Waals surface area contributed by atoms with Gasteiger partial charge < -0.3 is 10.2 Å². The third-order valence-corrected chi connectivity index (χ3v) is 4.18. The molecule has 0 amide bonds. The second kappa shape index (κ2) is 9.27. The first-order valence-corrected chi connectivity index (χ1v) is 8.93. The minimum atomic E-state index is 0.448. The molecule has 0 unspecified atom stereocenters. The van der Waals surface area contributed by atoms with E-state index < -0.39 is 0 Å². The van der Waals surface area contributed by atoms with Gasteiger partial charge in [-0.15, -0.1) is 0 Å². The van der Waals surface area contributed by atoms with E-state index in [1.54, 1.807) is 6.21 Å². The van der Waals surface area contributed by atoms with E-state index in [1.807, 2.05) is 72.8 Å². The van der Waals surface area contributed by atoms with Crippen molar-refractivity contribution in [2.75, 3.05) is 0 Å². The molecule has 0 fully saturated rings. The maximum Gasteiger partial charge on any atom is 0.128 e. The molecule has 132 valence electrons. The third kappa shape index (κ3) is 5.51. The molecule has 0 aliphatic heterocycles. The summed E-state index contributed by atoms with van der Waals surface area (Å²) in [6, 6.07) is 23.1. The van der Waals surface area contributed by atoms with Crippen molar-refractivity contribution in [3.63, 3.8) is 0 Å². The average Bonchev–Trinajstić information content (AvgIpc) is 2.66. The van der Waals surface area contributed by atoms with Crippen LogP contribution < -0.4 is 10.2 Å². The molecule has 0 spiro atoms. The summed E-state index contributed by atoms with van der Waals surface area (Å²) in [6.07, 6.45) is 1.75. The highest BCUT2D eigenvalue weighted by Crippen LogP contribution is 2.19. The molecule has 0 heterocycles. The van der Waals surface area contributed by atoms with Crippen molar-refractivity contribution in [1.29, 1.82) is 0 Å². The predicted octanol–water partition coefficient (Wildman–Crippen LogP) is 5.70. The van der Waals surface area contributed by atoms with Crippen LogP contribution in [-0.4, -0.2) is 6.21 Å². The fourth-order valence-corrected chi connectivity index (χ4v) is 2.70. The Labute approximate surface area is 163 Å². The van der Waals surface area contributed by atoms with E-state index in [4.69, 9.17) is 27.9 Å². The van der Waals surface area contributed by atoms with Crippen LogP contribution in [0.2, 0.25) is 10.0 Å². The summed E-state index contributed by atoms with van der Waals surface area (Å²) in [5.41, 5.74) is 6.06. The SMILES string of the molecule is Clc1ccc(CN/N=C\c2ccccc2OCc2cccc(Cl)c2)cc1. The molecule has 3 aromatic rings. The normalized spacial score (nSPS) is 10.8. The van der Waals surface area contributed by atoms with Gasteiger partial charge >= 0.3 is 0 Å². The zero-order valence-electron chi connectivity index (χ0n) is 14.0. The average molecular weight is 385 g/mol. The van der Waals surface area contributed by atoms with E-state index in [0.717, 1.165) is 27.5 Å². The highest BCUT2D eigenvalue weighted by Gasteiger charge is 2.02. The van der Waals surface area contributed by atoms with Crippen LogP contribution in [0, 0.1) is 0 Å². The van der Waals surface area contributed by atoms with Gasteiger partial charge in [-0.3, -0.25) is 0 Å². The molecule has 3 aromatic carbocycles. The predicted molar refractivity (Wildman–Crippen MR) is 108 cm³/mol. The van der Waals surface area contributed by atoms with Crippen molar-refractivity contribution < 1.29 is 4.74 Å². The molecule has 1 N–H and O–H groups in total. The van der Waals surface area contributed by atoms with Gasteiger partial charge in [0.15, 0.2) is 0 Å². The van der Waals surface area contributed by atoms with Crippen molar-refractivity contribution in [3.05, 3.63) is 99.5 Å². The van der Waals surface area contributed by atoms with Gasteiger partial charge in [-0.05, 0) is 47.5 Å². The second-order valence-electron chi connectivity index (χ2n) is 5.68. The lowest BCUT2D eigenvalue weighted by molar-refractivity contribution is 0.306. The van der Waals surface area contributed by atoms with Gasteiger partial charge in [0.2, 0.25) is 0 Å². The highest BCUT2D eigenvalue weighted by atomic mass is 35.5. The molecule has 5 heteroatoms. The van der Waals surface area contributed by atoms with Crippen molar-refractivity contribution in [2.24, 2.45) is 5.10 Å². The summed E-state index contributed by atoms with van der Waals surface area (Å²) < 4.78 is 5.91. The molecule has 26 heavy (non-hydrogen) atoms. The molecule has 0 saturated heterocycles. The molecule has 0 aliphatic carbocycles. The van der Waals surface area contributed by atoms with Crippen molar-refractivity contribution in [2.45, 2.75) is 13.2 Å². The molecular formula is C21H18Cl2N2O. The Hall–Kier alpha value is -2.49. The fourth-order valence-electron chi connectivity index (χ4n) is 2.36. The minimum absolute atomic E-state index is 0.448. The van der Waals surface area contributed by atoms with E-state index in [9.17, 15) is 0 Å². The lowest BCUT2D eigenvalue weighted by Crippen LogP contribution is -2.06. The summed E-state index contributed by atoms with van der Waals surface area (Å²) in [4.78, 5) is 0. The van der Waals surface area contributed by atoms with E-state index in [1.165, 1.54) is 0 Å².